The predicted molar refractivity (Wildman–Crippen MR) is 41.5 cm³/mol. The Morgan fingerprint density at radius 3 is 2.50 bits per heavy atom. The van der Waals surface area contributed by atoms with Crippen molar-refractivity contribution >= 4 is 12.3 Å². The third-order valence-electron chi connectivity index (χ3n) is 1.53. The number of aldehydes is 1. The van der Waals surface area contributed by atoms with Gasteiger partial charge in [0.05, 0.1) is 6.10 Å². The van der Waals surface area contributed by atoms with Crippen LogP contribution in [0.15, 0.2) is 0 Å². The Morgan fingerprint density at radius 2 is 2.25 bits per heavy atom. The summed E-state index contributed by atoms with van der Waals surface area (Å²) in [5.74, 6) is -1.27. The van der Waals surface area contributed by atoms with Gasteiger partial charge in [-0.05, 0) is 6.92 Å². The second-order valence-electron chi connectivity index (χ2n) is 2.89. The third kappa shape index (κ3) is 2.98. The molecule has 0 rings (SSSR count). The number of aliphatic hydroxyl groups excluding tert-OH is 1. The van der Waals surface area contributed by atoms with E-state index in [1.165, 1.54) is 6.92 Å². The topological polar surface area (TPSA) is 101 Å². The van der Waals surface area contributed by atoms with E-state index in [0.717, 1.165) is 0 Å². The summed E-state index contributed by atoms with van der Waals surface area (Å²) in [5.41, 5.74) is 3.73. The Balaban J connectivity index is 4.38. The largest absolute Gasteiger partial charge is 0.480 e. The van der Waals surface area contributed by atoms with Crippen molar-refractivity contribution in [1.82, 2.24) is 0 Å². The summed E-state index contributed by atoms with van der Waals surface area (Å²) in [7, 11) is 0. The molecule has 0 aromatic rings. The van der Waals surface area contributed by atoms with Gasteiger partial charge in [0.2, 0.25) is 0 Å². The Bertz CT molecular complexity index is 180. The summed E-state index contributed by atoms with van der Waals surface area (Å²) in [6, 6.07) is 0. The number of hydrogen-bond donors (Lipinski definition) is 3. The first kappa shape index (κ1) is 11.1. The van der Waals surface area contributed by atoms with Gasteiger partial charge in [-0.25, -0.2) is 0 Å². The summed E-state index contributed by atoms with van der Waals surface area (Å²) in [6.07, 6.45) is -0.795. The van der Waals surface area contributed by atoms with Gasteiger partial charge in [0.1, 0.15) is 11.8 Å². The van der Waals surface area contributed by atoms with Gasteiger partial charge in [-0.3, -0.25) is 4.79 Å². The zero-order valence-electron chi connectivity index (χ0n) is 6.86. The number of aliphatic hydroxyl groups is 1. The molecule has 0 bridgehead atoms. The number of rotatable bonds is 5. The SMILES string of the molecule is CC(O)CC(N)(CC=O)C(=O)O. The van der Waals surface area contributed by atoms with Crippen molar-refractivity contribution in [3.8, 4) is 0 Å². The molecule has 5 heteroatoms. The van der Waals surface area contributed by atoms with Crippen molar-refractivity contribution in [3.63, 3.8) is 0 Å². The minimum Gasteiger partial charge on any atom is -0.480 e. The highest BCUT2D eigenvalue weighted by Crippen LogP contribution is 2.13. The quantitative estimate of drug-likeness (QED) is 0.471. The first-order valence-corrected chi connectivity index (χ1v) is 3.56. The Labute approximate surface area is 70.2 Å². The fraction of sp³-hybridized carbons (Fsp3) is 0.714. The van der Waals surface area contributed by atoms with Crippen molar-refractivity contribution in [1.29, 1.82) is 0 Å². The van der Waals surface area contributed by atoms with Gasteiger partial charge in [0.15, 0.2) is 0 Å². The van der Waals surface area contributed by atoms with Crippen LogP contribution in [0, 0.1) is 0 Å². The average molecular weight is 175 g/mol. The molecule has 0 spiro atoms. The fourth-order valence-corrected chi connectivity index (χ4v) is 0.934. The molecule has 4 N–H and O–H groups in total. The van der Waals surface area contributed by atoms with Crippen LogP contribution in [-0.4, -0.2) is 34.1 Å². The lowest BCUT2D eigenvalue weighted by Gasteiger charge is -2.23. The molecule has 0 saturated carbocycles. The van der Waals surface area contributed by atoms with E-state index in [0.29, 0.717) is 6.29 Å². The number of carbonyl (C=O) groups is 2. The van der Waals surface area contributed by atoms with E-state index in [2.05, 4.69) is 0 Å². The minimum atomic E-state index is -1.63. The number of carboxylic acids is 1. The summed E-state index contributed by atoms with van der Waals surface area (Å²) < 4.78 is 0. The van der Waals surface area contributed by atoms with Gasteiger partial charge in [0, 0.05) is 12.8 Å². The molecule has 5 nitrogen and oxygen atoms in total. The molecular formula is C7H13NO4. The lowest BCUT2D eigenvalue weighted by molar-refractivity contribution is -0.145. The second-order valence-corrected chi connectivity index (χ2v) is 2.89. The fourth-order valence-electron chi connectivity index (χ4n) is 0.934. The first-order chi connectivity index (χ1) is 5.42. The predicted octanol–water partition coefficient (Wildman–Crippen LogP) is -0.872. The number of hydrogen-bond acceptors (Lipinski definition) is 4. The van der Waals surface area contributed by atoms with Crippen LogP contribution in [0.4, 0.5) is 0 Å². The van der Waals surface area contributed by atoms with E-state index >= 15 is 0 Å². The molecule has 0 heterocycles. The Morgan fingerprint density at radius 1 is 1.75 bits per heavy atom. The van der Waals surface area contributed by atoms with Crippen LogP contribution in [0.1, 0.15) is 19.8 Å². The van der Waals surface area contributed by atoms with Crippen LogP contribution in [0.2, 0.25) is 0 Å². The summed E-state index contributed by atoms with van der Waals surface area (Å²) >= 11 is 0. The van der Waals surface area contributed by atoms with Crippen LogP contribution in [0.5, 0.6) is 0 Å². The highest BCUT2D eigenvalue weighted by molar-refractivity contribution is 5.81. The molecule has 0 amide bonds. The van der Waals surface area contributed by atoms with Gasteiger partial charge >= 0.3 is 5.97 Å². The zero-order valence-corrected chi connectivity index (χ0v) is 6.86. The molecule has 0 aliphatic heterocycles. The number of nitrogens with two attached hydrogens (primary N) is 1. The molecule has 0 radical (unpaired) electrons. The zero-order chi connectivity index (χ0) is 9.78. The van der Waals surface area contributed by atoms with Crippen molar-refractivity contribution < 1.29 is 19.8 Å². The molecule has 12 heavy (non-hydrogen) atoms. The van der Waals surface area contributed by atoms with Crippen molar-refractivity contribution in [2.75, 3.05) is 0 Å². The summed E-state index contributed by atoms with van der Waals surface area (Å²) in [6.45, 7) is 1.43. The molecule has 0 fully saturated rings. The normalized spacial score (nSPS) is 17.9. The van der Waals surface area contributed by atoms with Crippen molar-refractivity contribution in [2.24, 2.45) is 5.73 Å². The van der Waals surface area contributed by atoms with Crippen molar-refractivity contribution in [2.45, 2.75) is 31.4 Å². The van der Waals surface area contributed by atoms with Gasteiger partial charge < -0.3 is 20.7 Å². The van der Waals surface area contributed by atoms with Crippen molar-refractivity contribution in [3.05, 3.63) is 0 Å². The Hall–Kier alpha value is -0.940. The molecule has 2 unspecified atom stereocenters. The standard InChI is InChI=1S/C7H13NO4/c1-5(10)4-7(8,2-3-9)6(11)12/h3,5,10H,2,4,8H2,1H3,(H,11,12). The molecule has 70 valence electrons. The van der Waals surface area contributed by atoms with E-state index in [4.69, 9.17) is 15.9 Å². The third-order valence-corrected chi connectivity index (χ3v) is 1.53. The van der Waals surface area contributed by atoms with Gasteiger partial charge in [-0.15, -0.1) is 0 Å². The van der Waals surface area contributed by atoms with E-state index in [1.807, 2.05) is 0 Å². The van der Waals surface area contributed by atoms with E-state index in [9.17, 15) is 9.59 Å². The number of carbonyl (C=O) groups excluding carboxylic acids is 1. The van der Waals surface area contributed by atoms with Gasteiger partial charge in [-0.1, -0.05) is 0 Å². The van der Waals surface area contributed by atoms with Crippen LogP contribution >= 0.6 is 0 Å². The highest BCUT2D eigenvalue weighted by Gasteiger charge is 2.34. The monoisotopic (exact) mass is 175 g/mol. The van der Waals surface area contributed by atoms with Crippen LogP contribution in [-0.2, 0) is 9.59 Å². The maximum absolute atomic E-state index is 10.6. The van der Waals surface area contributed by atoms with Crippen LogP contribution in [0.3, 0.4) is 0 Å². The van der Waals surface area contributed by atoms with Gasteiger partial charge in [0.25, 0.3) is 0 Å². The molecule has 2 atom stereocenters. The summed E-state index contributed by atoms with van der Waals surface area (Å²) in [5, 5.41) is 17.5. The molecular weight excluding hydrogens is 162 g/mol. The van der Waals surface area contributed by atoms with E-state index in [-0.39, 0.29) is 12.8 Å². The number of aliphatic carboxylic acids is 1. The van der Waals surface area contributed by atoms with E-state index in [1.54, 1.807) is 0 Å². The molecule has 0 aliphatic rings. The Kier molecular flexibility index (Phi) is 3.85. The molecule has 0 aromatic carbocycles. The maximum atomic E-state index is 10.6. The summed E-state index contributed by atoms with van der Waals surface area (Å²) in [4.78, 5) is 20.6. The van der Waals surface area contributed by atoms with Gasteiger partial charge in [-0.2, -0.15) is 0 Å². The minimum absolute atomic E-state index is 0.124. The first-order valence-electron chi connectivity index (χ1n) is 3.56. The van der Waals surface area contributed by atoms with Crippen LogP contribution < -0.4 is 5.73 Å². The van der Waals surface area contributed by atoms with E-state index < -0.39 is 17.6 Å². The van der Waals surface area contributed by atoms with Crippen LogP contribution in [0.25, 0.3) is 0 Å². The lowest BCUT2D eigenvalue weighted by Crippen LogP contribution is -2.50. The molecule has 0 aliphatic carbocycles. The second kappa shape index (κ2) is 4.18. The highest BCUT2D eigenvalue weighted by atomic mass is 16.4. The number of carboxylic acid groups (broad SMARTS) is 1. The molecule has 0 saturated heterocycles. The maximum Gasteiger partial charge on any atom is 0.324 e. The molecule has 0 aromatic heterocycles. The average Bonchev–Trinajstić information content (AvgIpc) is 1.85. The smallest absolute Gasteiger partial charge is 0.324 e. The lowest BCUT2D eigenvalue weighted by atomic mass is 9.91.